The van der Waals surface area contributed by atoms with Crippen molar-refractivity contribution in [1.82, 2.24) is 0 Å². The molecule has 0 aliphatic heterocycles. The van der Waals surface area contributed by atoms with Gasteiger partial charge in [0.15, 0.2) is 12.2 Å². The number of phosphoric ester groups is 2. The Hall–Kier alpha value is -1.94. The van der Waals surface area contributed by atoms with Crippen LogP contribution in [0.1, 0.15) is 357 Å². The quantitative estimate of drug-likeness (QED) is 0.0222. The Morgan fingerprint density at radius 1 is 0.300 bits per heavy atom. The second-order valence-electron chi connectivity index (χ2n) is 27.1. The van der Waals surface area contributed by atoms with Gasteiger partial charge in [-0.05, 0) is 43.4 Å². The van der Waals surface area contributed by atoms with E-state index in [1.165, 1.54) is 161 Å². The third-order valence-corrected chi connectivity index (χ3v) is 18.3. The van der Waals surface area contributed by atoms with E-state index in [9.17, 15) is 43.2 Å². The van der Waals surface area contributed by atoms with Gasteiger partial charge < -0.3 is 33.8 Å². The second kappa shape index (κ2) is 61.9. The molecule has 0 aromatic heterocycles. The van der Waals surface area contributed by atoms with Gasteiger partial charge in [0.1, 0.15) is 19.3 Å². The number of carbonyl (C=O) groups excluding carboxylic acids is 4. The highest BCUT2D eigenvalue weighted by atomic mass is 31.2. The van der Waals surface area contributed by atoms with Crippen LogP contribution in [0.5, 0.6) is 0 Å². The molecule has 2 unspecified atom stereocenters. The van der Waals surface area contributed by atoms with Crippen LogP contribution in [0.2, 0.25) is 0 Å². The molecule has 19 heteroatoms. The molecule has 0 aromatic rings. The summed E-state index contributed by atoms with van der Waals surface area (Å²) in [6.07, 6.45) is 46.2. The Bertz CT molecular complexity index is 1770. The third kappa shape index (κ3) is 64.8. The number of carbonyl (C=O) groups is 4. The van der Waals surface area contributed by atoms with Gasteiger partial charge in [-0.3, -0.25) is 37.3 Å². The fourth-order valence-electron chi connectivity index (χ4n) is 10.7. The average Bonchev–Trinajstić information content (AvgIpc) is 3.67. The van der Waals surface area contributed by atoms with Crippen LogP contribution in [0, 0.1) is 17.8 Å². The fourth-order valence-corrected chi connectivity index (χ4v) is 12.3. The molecule has 90 heavy (non-hydrogen) atoms. The SMILES string of the molecule is CCCCCCCCCCCCCCCCCCCCC(=O)O[C@H](COC(=O)CCCCCCCCCCCCCC(C)C)COP(=O)(O)OC[C@@H](O)COP(=O)(O)OC[C@@H](COC(=O)CCCCCCCCC(C)C)OC(=O)CCCCCCCCC(C)C. The zero-order valence-electron chi connectivity index (χ0n) is 58.6. The van der Waals surface area contributed by atoms with Gasteiger partial charge >= 0.3 is 39.5 Å². The topological polar surface area (TPSA) is 237 Å². The summed E-state index contributed by atoms with van der Waals surface area (Å²) in [5.41, 5.74) is 0. The van der Waals surface area contributed by atoms with Crippen molar-refractivity contribution in [2.45, 2.75) is 375 Å². The Balaban J connectivity index is 5.21. The normalized spacial score (nSPS) is 14.2. The van der Waals surface area contributed by atoms with Gasteiger partial charge in [0.05, 0.1) is 26.4 Å². The van der Waals surface area contributed by atoms with Crippen LogP contribution >= 0.6 is 15.6 Å². The van der Waals surface area contributed by atoms with Crippen LogP contribution < -0.4 is 0 Å². The van der Waals surface area contributed by atoms with E-state index in [-0.39, 0.29) is 25.7 Å². The van der Waals surface area contributed by atoms with E-state index < -0.39 is 97.5 Å². The summed E-state index contributed by atoms with van der Waals surface area (Å²) in [6.45, 7) is 11.7. The van der Waals surface area contributed by atoms with Crippen molar-refractivity contribution < 1.29 is 80.2 Å². The van der Waals surface area contributed by atoms with Crippen molar-refractivity contribution in [2.24, 2.45) is 17.8 Å². The number of aliphatic hydroxyl groups is 1. The molecule has 0 bridgehead atoms. The number of hydrogen-bond donors (Lipinski definition) is 3. The molecule has 0 saturated carbocycles. The van der Waals surface area contributed by atoms with Crippen molar-refractivity contribution in [3.63, 3.8) is 0 Å². The number of hydrogen-bond acceptors (Lipinski definition) is 15. The van der Waals surface area contributed by atoms with E-state index in [1.54, 1.807) is 0 Å². The molecule has 534 valence electrons. The van der Waals surface area contributed by atoms with Gasteiger partial charge in [-0.15, -0.1) is 0 Å². The third-order valence-electron chi connectivity index (χ3n) is 16.4. The van der Waals surface area contributed by atoms with E-state index in [1.807, 2.05) is 0 Å². The summed E-state index contributed by atoms with van der Waals surface area (Å²) in [4.78, 5) is 72.5. The monoisotopic (exact) mass is 1320 g/mol. The highest BCUT2D eigenvalue weighted by molar-refractivity contribution is 7.47. The maximum absolute atomic E-state index is 13.0. The highest BCUT2D eigenvalue weighted by Gasteiger charge is 2.30. The number of esters is 4. The van der Waals surface area contributed by atoms with Gasteiger partial charge in [0.2, 0.25) is 0 Å². The number of phosphoric acid groups is 2. The molecule has 3 N–H and O–H groups in total. The number of aliphatic hydroxyl groups excluding tert-OH is 1. The predicted octanol–water partition coefficient (Wildman–Crippen LogP) is 20.2. The minimum atomic E-state index is -4.95. The molecule has 0 spiro atoms. The van der Waals surface area contributed by atoms with Crippen molar-refractivity contribution in [1.29, 1.82) is 0 Å². The van der Waals surface area contributed by atoms with Crippen molar-refractivity contribution in [3.05, 3.63) is 0 Å². The summed E-state index contributed by atoms with van der Waals surface area (Å²) in [5, 5.41) is 10.6. The predicted molar refractivity (Wildman–Crippen MR) is 363 cm³/mol. The first-order valence-corrected chi connectivity index (χ1v) is 39.8. The summed E-state index contributed by atoms with van der Waals surface area (Å²) >= 11 is 0. The van der Waals surface area contributed by atoms with Gasteiger partial charge in [-0.25, -0.2) is 9.13 Å². The summed E-state index contributed by atoms with van der Waals surface area (Å²) in [7, 11) is -9.90. The molecule has 0 heterocycles. The van der Waals surface area contributed by atoms with Crippen LogP contribution in [-0.4, -0.2) is 96.7 Å². The molecule has 0 saturated heterocycles. The Morgan fingerprint density at radius 3 is 0.756 bits per heavy atom. The lowest BCUT2D eigenvalue weighted by Gasteiger charge is -2.21. The number of ether oxygens (including phenoxy) is 4. The van der Waals surface area contributed by atoms with Gasteiger partial charge in [-0.2, -0.15) is 0 Å². The van der Waals surface area contributed by atoms with Crippen LogP contribution in [0.3, 0.4) is 0 Å². The van der Waals surface area contributed by atoms with E-state index in [2.05, 4.69) is 48.5 Å². The Morgan fingerprint density at radius 2 is 0.511 bits per heavy atom. The Labute approximate surface area is 549 Å². The minimum absolute atomic E-state index is 0.101. The van der Waals surface area contributed by atoms with Crippen LogP contribution in [-0.2, 0) is 65.4 Å². The molecule has 5 atom stereocenters. The number of rotatable bonds is 69. The fraction of sp³-hybridized carbons (Fsp3) is 0.944. The maximum Gasteiger partial charge on any atom is 0.472 e. The van der Waals surface area contributed by atoms with E-state index in [4.69, 9.17) is 37.0 Å². The molecular formula is C71H138O17P2. The first-order valence-electron chi connectivity index (χ1n) is 36.8. The smallest absolute Gasteiger partial charge is 0.462 e. The molecule has 0 radical (unpaired) electrons. The summed E-state index contributed by atoms with van der Waals surface area (Å²) in [5.74, 6) is -0.0116. The molecule has 17 nitrogen and oxygen atoms in total. The first-order chi connectivity index (χ1) is 43.2. The standard InChI is InChI=1S/C71H138O17P2/c1-8-9-10-11-12-13-14-15-16-17-18-19-20-23-27-30-40-47-54-70(75)87-66(58-81-68(73)52-45-38-29-26-24-21-22-25-28-35-42-49-62(2)3)60-85-89(77,78)83-56-65(72)57-84-90(79,80)86-61-67(88-71(76)55-48-41-34-32-37-44-51-64(6)7)59-82-69(74)53-46-39-33-31-36-43-50-63(4)5/h62-67,72H,8-61H2,1-7H3,(H,77,78)(H,79,80)/t65-,66-,67-/m1/s1. The molecule has 0 fully saturated rings. The number of unbranched alkanes of at least 4 members (excludes halogenated alkanes) is 37. The molecule has 0 aromatic carbocycles. The van der Waals surface area contributed by atoms with Crippen LogP contribution in [0.15, 0.2) is 0 Å². The first kappa shape index (κ1) is 88.1. The van der Waals surface area contributed by atoms with Crippen LogP contribution in [0.4, 0.5) is 0 Å². The largest absolute Gasteiger partial charge is 0.472 e. The molecule has 0 aliphatic carbocycles. The Kier molecular flexibility index (Phi) is 60.6. The van der Waals surface area contributed by atoms with E-state index >= 15 is 0 Å². The molecule has 0 amide bonds. The average molecular weight is 1330 g/mol. The van der Waals surface area contributed by atoms with Crippen molar-refractivity contribution >= 4 is 39.5 Å². The van der Waals surface area contributed by atoms with Crippen molar-refractivity contribution in [3.8, 4) is 0 Å². The van der Waals surface area contributed by atoms with Gasteiger partial charge in [-0.1, -0.05) is 305 Å². The summed E-state index contributed by atoms with van der Waals surface area (Å²) < 4.78 is 68.2. The molecule has 0 aliphatic rings. The van der Waals surface area contributed by atoms with E-state index in [0.29, 0.717) is 37.5 Å². The van der Waals surface area contributed by atoms with E-state index in [0.717, 1.165) is 102 Å². The lowest BCUT2D eigenvalue weighted by atomic mass is 10.0. The second-order valence-corrected chi connectivity index (χ2v) is 30.0. The maximum atomic E-state index is 13.0. The lowest BCUT2D eigenvalue weighted by Crippen LogP contribution is -2.30. The summed E-state index contributed by atoms with van der Waals surface area (Å²) in [6, 6.07) is 0. The van der Waals surface area contributed by atoms with Crippen LogP contribution in [0.25, 0.3) is 0 Å². The highest BCUT2D eigenvalue weighted by Crippen LogP contribution is 2.45. The molecule has 0 rings (SSSR count). The van der Waals surface area contributed by atoms with Crippen molar-refractivity contribution in [2.75, 3.05) is 39.6 Å². The molecular weight excluding hydrogens is 1190 g/mol. The lowest BCUT2D eigenvalue weighted by molar-refractivity contribution is -0.161. The van der Waals surface area contributed by atoms with Gasteiger partial charge in [0.25, 0.3) is 0 Å². The zero-order chi connectivity index (χ0) is 66.6. The van der Waals surface area contributed by atoms with Gasteiger partial charge in [0, 0.05) is 25.7 Å². The minimum Gasteiger partial charge on any atom is -0.462 e. The zero-order valence-corrected chi connectivity index (χ0v) is 60.4.